The Morgan fingerprint density at radius 2 is 2.17 bits per heavy atom. The zero-order valence-corrected chi connectivity index (χ0v) is 7.89. The maximum atomic E-state index is 10.6. The largest absolute Gasteiger partial charge is 0.480 e. The maximum absolute atomic E-state index is 10.6. The first-order chi connectivity index (χ1) is 5.50. The first-order valence-electron chi connectivity index (χ1n) is 3.98. The van der Waals surface area contributed by atoms with E-state index in [-0.39, 0.29) is 0 Å². The molecule has 0 heterocycles. The Morgan fingerprint density at radius 1 is 1.58 bits per heavy atom. The number of aliphatic carboxylic acids is 1. The average Bonchev–Trinajstić information content (AvgIpc) is 1.98. The third-order valence-corrected chi connectivity index (χ3v) is 1.63. The lowest BCUT2D eigenvalue weighted by molar-refractivity contribution is -0.143. The molecule has 0 unspecified atom stereocenters. The molecule has 0 spiro atoms. The molecule has 4 heteroatoms. The summed E-state index contributed by atoms with van der Waals surface area (Å²) < 4.78 is 4.83. The molecule has 0 aliphatic rings. The summed E-state index contributed by atoms with van der Waals surface area (Å²) in [5.74, 6) is -0.833. The molecule has 0 saturated carbocycles. The predicted octanol–water partition coefficient (Wildman–Crippen LogP) is 0.476. The molecule has 0 saturated heterocycles. The zero-order valence-electron chi connectivity index (χ0n) is 7.89. The Balaban J connectivity index is 3.54. The van der Waals surface area contributed by atoms with Crippen molar-refractivity contribution in [1.29, 1.82) is 0 Å². The molecule has 0 bridgehead atoms. The van der Waals surface area contributed by atoms with E-state index >= 15 is 0 Å². The minimum absolute atomic E-state index is 0.655. The second kappa shape index (κ2) is 5.11. The van der Waals surface area contributed by atoms with Crippen LogP contribution in [-0.2, 0) is 9.53 Å². The van der Waals surface area contributed by atoms with Crippen molar-refractivity contribution in [2.45, 2.75) is 25.8 Å². The first kappa shape index (κ1) is 11.4. The SMILES string of the molecule is COCCCNC(C)(C)C(=O)O. The molecule has 2 N–H and O–H groups in total. The van der Waals surface area contributed by atoms with Gasteiger partial charge in [-0.1, -0.05) is 0 Å². The zero-order chi connectivity index (χ0) is 9.61. The summed E-state index contributed by atoms with van der Waals surface area (Å²) in [5, 5.41) is 11.6. The van der Waals surface area contributed by atoms with Crippen molar-refractivity contribution in [1.82, 2.24) is 5.32 Å². The predicted molar refractivity (Wildman–Crippen MR) is 46.2 cm³/mol. The van der Waals surface area contributed by atoms with Crippen LogP contribution in [0.4, 0.5) is 0 Å². The number of methoxy groups -OCH3 is 1. The smallest absolute Gasteiger partial charge is 0.323 e. The first-order valence-corrected chi connectivity index (χ1v) is 3.98. The fourth-order valence-electron chi connectivity index (χ4n) is 0.693. The van der Waals surface area contributed by atoms with Crippen molar-refractivity contribution >= 4 is 5.97 Å². The van der Waals surface area contributed by atoms with Crippen LogP contribution in [0.15, 0.2) is 0 Å². The topological polar surface area (TPSA) is 58.6 Å². The number of carboxylic acids is 1. The van der Waals surface area contributed by atoms with Crippen molar-refractivity contribution in [3.05, 3.63) is 0 Å². The van der Waals surface area contributed by atoms with Gasteiger partial charge < -0.3 is 15.2 Å². The molecular formula is C8H17NO3. The van der Waals surface area contributed by atoms with Crippen molar-refractivity contribution in [2.75, 3.05) is 20.3 Å². The number of rotatable bonds is 6. The average molecular weight is 175 g/mol. The van der Waals surface area contributed by atoms with E-state index in [0.717, 1.165) is 6.42 Å². The van der Waals surface area contributed by atoms with Crippen molar-refractivity contribution < 1.29 is 14.6 Å². The third kappa shape index (κ3) is 4.31. The van der Waals surface area contributed by atoms with Gasteiger partial charge in [-0.2, -0.15) is 0 Å². The Hall–Kier alpha value is -0.610. The maximum Gasteiger partial charge on any atom is 0.323 e. The lowest BCUT2D eigenvalue weighted by Crippen LogP contribution is -2.47. The van der Waals surface area contributed by atoms with E-state index in [1.165, 1.54) is 0 Å². The molecule has 0 amide bonds. The normalized spacial score (nSPS) is 11.6. The lowest BCUT2D eigenvalue weighted by Gasteiger charge is -2.20. The number of ether oxygens (including phenoxy) is 1. The van der Waals surface area contributed by atoms with E-state index in [1.807, 2.05) is 0 Å². The van der Waals surface area contributed by atoms with E-state index in [4.69, 9.17) is 9.84 Å². The minimum Gasteiger partial charge on any atom is -0.480 e. The van der Waals surface area contributed by atoms with Crippen LogP contribution in [-0.4, -0.2) is 36.9 Å². The molecule has 72 valence electrons. The van der Waals surface area contributed by atoms with E-state index in [2.05, 4.69) is 5.32 Å². The quantitative estimate of drug-likeness (QED) is 0.576. The highest BCUT2D eigenvalue weighted by molar-refractivity contribution is 5.77. The molecule has 0 aliphatic heterocycles. The Bertz CT molecular complexity index is 145. The summed E-state index contributed by atoms with van der Waals surface area (Å²) in [7, 11) is 1.63. The Morgan fingerprint density at radius 3 is 2.58 bits per heavy atom. The third-order valence-electron chi connectivity index (χ3n) is 1.63. The van der Waals surface area contributed by atoms with Gasteiger partial charge in [-0.05, 0) is 26.8 Å². The van der Waals surface area contributed by atoms with E-state index in [1.54, 1.807) is 21.0 Å². The van der Waals surface area contributed by atoms with Crippen LogP contribution in [0.2, 0.25) is 0 Å². The highest BCUT2D eigenvalue weighted by Gasteiger charge is 2.25. The van der Waals surface area contributed by atoms with Crippen LogP contribution in [0.25, 0.3) is 0 Å². The molecular weight excluding hydrogens is 158 g/mol. The number of hydrogen-bond acceptors (Lipinski definition) is 3. The van der Waals surface area contributed by atoms with Crippen LogP contribution in [0.3, 0.4) is 0 Å². The van der Waals surface area contributed by atoms with Crippen LogP contribution in [0, 0.1) is 0 Å². The number of hydrogen-bond donors (Lipinski definition) is 2. The van der Waals surface area contributed by atoms with E-state index < -0.39 is 11.5 Å². The Labute approximate surface area is 72.9 Å². The van der Waals surface area contributed by atoms with Crippen molar-refractivity contribution in [2.24, 2.45) is 0 Å². The standard InChI is InChI=1S/C8H17NO3/c1-8(2,7(10)11)9-5-4-6-12-3/h9H,4-6H2,1-3H3,(H,10,11). The van der Waals surface area contributed by atoms with Gasteiger partial charge in [0.2, 0.25) is 0 Å². The number of carboxylic acid groups (broad SMARTS) is 1. The molecule has 0 atom stereocenters. The molecule has 0 radical (unpaired) electrons. The highest BCUT2D eigenvalue weighted by Crippen LogP contribution is 2.00. The number of nitrogens with one attached hydrogen (secondary N) is 1. The van der Waals surface area contributed by atoms with Gasteiger partial charge in [-0.15, -0.1) is 0 Å². The van der Waals surface area contributed by atoms with Gasteiger partial charge >= 0.3 is 5.97 Å². The van der Waals surface area contributed by atoms with Gasteiger partial charge in [0, 0.05) is 13.7 Å². The van der Waals surface area contributed by atoms with Gasteiger partial charge in [-0.3, -0.25) is 4.79 Å². The van der Waals surface area contributed by atoms with Crippen LogP contribution in [0.1, 0.15) is 20.3 Å². The highest BCUT2D eigenvalue weighted by atomic mass is 16.5. The fraction of sp³-hybridized carbons (Fsp3) is 0.875. The molecule has 0 aromatic carbocycles. The molecule has 12 heavy (non-hydrogen) atoms. The fourth-order valence-corrected chi connectivity index (χ4v) is 0.693. The molecule has 0 fully saturated rings. The molecule has 4 nitrogen and oxygen atoms in total. The monoisotopic (exact) mass is 175 g/mol. The molecule has 0 rings (SSSR count). The van der Waals surface area contributed by atoms with E-state index in [9.17, 15) is 4.79 Å². The summed E-state index contributed by atoms with van der Waals surface area (Å²) in [5.41, 5.74) is -0.840. The Kier molecular flexibility index (Phi) is 4.85. The number of carbonyl (C=O) groups is 1. The molecule has 0 aromatic rings. The van der Waals surface area contributed by atoms with Gasteiger partial charge in [0.05, 0.1) is 0 Å². The van der Waals surface area contributed by atoms with Crippen molar-refractivity contribution in [3.8, 4) is 0 Å². The summed E-state index contributed by atoms with van der Waals surface area (Å²) in [6, 6.07) is 0. The summed E-state index contributed by atoms with van der Waals surface area (Å²) in [4.78, 5) is 10.6. The summed E-state index contributed by atoms with van der Waals surface area (Å²) in [6.07, 6.45) is 0.827. The summed E-state index contributed by atoms with van der Waals surface area (Å²) >= 11 is 0. The lowest BCUT2D eigenvalue weighted by atomic mass is 10.1. The van der Waals surface area contributed by atoms with Gasteiger partial charge in [0.1, 0.15) is 5.54 Å². The van der Waals surface area contributed by atoms with Gasteiger partial charge in [-0.25, -0.2) is 0 Å². The molecule has 0 aromatic heterocycles. The van der Waals surface area contributed by atoms with Crippen LogP contribution in [0.5, 0.6) is 0 Å². The van der Waals surface area contributed by atoms with Crippen LogP contribution >= 0.6 is 0 Å². The summed E-state index contributed by atoms with van der Waals surface area (Å²) in [6.45, 7) is 4.60. The van der Waals surface area contributed by atoms with Gasteiger partial charge in [0.15, 0.2) is 0 Å². The van der Waals surface area contributed by atoms with Crippen LogP contribution < -0.4 is 5.32 Å². The van der Waals surface area contributed by atoms with Gasteiger partial charge in [0.25, 0.3) is 0 Å². The second-order valence-corrected chi connectivity index (χ2v) is 3.20. The van der Waals surface area contributed by atoms with Crippen molar-refractivity contribution in [3.63, 3.8) is 0 Å². The molecule has 0 aliphatic carbocycles. The van der Waals surface area contributed by atoms with E-state index in [0.29, 0.717) is 13.2 Å². The second-order valence-electron chi connectivity index (χ2n) is 3.20. The minimum atomic E-state index is -0.840.